The summed E-state index contributed by atoms with van der Waals surface area (Å²) in [5, 5.41) is 0. The maximum atomic E-state index is 11.7. The van der Waals surface area contributed by atoms with E-state index >= 15 is 0 Å². The first-order chi connectivity index (χ1) is 13.4. The molecule has 2 aromatic carbocycles. The highest BCUT2D eigenvalue weighted by molar-refractivity contribution is 7.86. The summed E-state index contributed by atoms with van der Waals surface area (Å²) in [7, 11) is -3.63. The Morgan fingerprint density at radius 3 is 2.68 bits per heavy atom. The molecule has 1 fully saturated rings. The molecule has 0 spiro atoms. The van der Waals surface area contributed by atoms with Crippen LogP contribution in [-0.2, 0) is 21.4 Å². The van der Waals surface area contributed by atoms with Gasteiger partial charge in [0, 0.05) is 30.8 Å². The van der Waals surface area contributed by atoms with Crippen LogP contribution in [0, 0.1) is 6.92 Å². The molecule has 1 aliphatic rings. The van der Waals surface area contributed by atoms with E-state index in [0.717, 1.165) is 41.6 Å². The highest BCUT2D eigenvalue weighted by atomic mass is 32.2. The molecule has 2 heterocycles. The van der Waals surface area contributed by atoms with E-state index in [2.05, 4.69) is 9.88 Å². The molecule has 0 saturated carbocycles. The number of oxazole rings is 1. The highest BCUT2D eigenvalue weighted by Gasteiger charge is 2.18. The second-order valence-electron chi connectivity index (χ2n) is 6.99. The Balaban J connectivity index is 1.71. The molecule has 0 bridgehead atoms. The molecule has 4 rings (SSSR count). The molecule has 1 saturated heterocycles. The van der Waals surface area contributed by atoms with Gasteiger partial charge in [-0.2, -0.15) is 8.42 Å². The van der Waals surface area contributed by atoms with Crippen molar-refractivity contribution in [1.82, 2.24) is 9.88 Å². The van der Waals surface area contributed by atoms with Crippen LogP contribution >= 0.6 is 0 Å². The van der Waals surface area contributed by atoms with Crippen molar-refractivity contribution in [1.29, 1.82) is 0 Å². The molecular formula is C20H22N2O5S. The third-order valence-electron chi connectivity index (χ3n) is 4.59. The van der Waals surface area contributed by atoms with E-state index < -0.39 is 10.1 Å². The normalized spacial score (nSPS) is 15.8. The summed E-state index contributed by atoms with van der Waals surface area (Å²) in [6.07, 6.45) is 1.04. The lowest BCUT2D eigenvalue weighted by Crippen LogP contribution is -2.35. The second-order valence-corrected chi connectivity index (χ2v) is 8.56. The highest BCUT2D eigenvalue weighted by Crippen LogP contribution is 2.30. The molecule has 1 aliphatic heterocycles. The van der Waals surface area contributed by atoms with Gasteiger partial charge >= 0.3 is 10.1 Å². The third-order valence-corrected chi connectivity index (χ3v) is 5.07. The van der Waals surface area contributed by atoms with Crippen LogP contribution in [-0.4, -0.2) is 50.9 Å². The summed E-state index contributed by atoms with van der Waals surface area (Å²) in [4.78, 5) is 6.78. The maximum Gasteiger partial charge on any atom is 0.306 e. The predicted molar refractivity (Wildman–Crippen MR) is 106 cm³/mol. The lowest BCUT2D eigenvalue weighted by atomic mass is 10.1. The van der Waals surface area contributed by atoms with Crippen molar-refractivity contribution >= 4 is 21.2 Å². The Kier molecular flexibility index (Phi) is 5.09. The number of morpholine rings is 1. The van der Waals surface area contributed by atoms with Crippen molar-refractivity contribution in [3.05, 3.63) is 47.5 Å². The summed E-state index contributed by atoms with van der Waals surface area (Å²) in [6, 6.07) is 11.2. The first-order valence-corrected chi connectivity index (χ1v) is 10.9. The molecule has 8 heteroatoms. The molecule has 0 amide bonds. The largest absolute Gasteiger partial charge is 0.436 e. The number of rotatable bonds is 5. The van der Waals surface area contributed by atoms with E-state index in [-0.39, 0.29) is 0 Å². The SMILES string of the molecule is Cc1ccc2oc(-c3ccc(OS(C)(=O)=O)c(CN4CCOCC4)c3)nc2c1. The van der Waals surface area contributed by atoms with Gasteiger partial charge in [-0.15, -0.1) is 0 Å². The number of hydrogen-bond acceptors (Lipinski definition) is 7. The number of aryl methyl sites for hydroxylation is 1. The Bertz CT molecular complexity index is 1100. The Labute approximate surface area is 164 Å². The Hall–Kier alpha value is -2.42. The molecular weight excluding hydrogens is 380 g/mol. The average molecular weight is 402 g/mol. The zero-order valence-corrected chi connectivity index (χ0v) is 16.7. The van der Waals surface area contributed by atoms with Crippen molar-refractivity contribution in [2.45, 2.75) is 13.5 Å². The van der Waals surface area contributed by atoms with E-state index in [0.29, 0.717) is 37.0 Å². The van der Waals surface area contributed by atoms with Crippen molar-refractivity contribution in [3.63, 3.8) is 0 Å². The molecule has 0 N–H and O–H groups in total. The van der Waals surface area contributed by atoms with Crippen LogP contribution in [0.25, 0.3) is 22.6 Å². The van der Waals surface area contributed by atoms with Crippen LogP contribution in [0.2, 0.25) is 0 Å². The molecule has 3 aromatic rings. The first-order valence-electron chi connectivity index (χ1n) is 9.07. The van der Waals surface area contributed by atoms with Crippen molar-refractivity contribution in [2.75, 3.05) is 32.6 Å². The van der Waals surface area contributed by atoms with Gasteiger partial charge in [0.05, 0.1) is 19.5 Å². The number of aromatic nitrogens is 1. The third kappa shape index (κ3) is 4.35. The molecule has 7 nitrogen and oxygen atoms in total. The number of fused-ring (bicyclic) bond motifs is 1. The van der Waals surface area contributed by atoms with E-state index in [1.165, 1.54) is 0 Å². The minimum atomic E-state index is -3.63. The average Bonchev–Trinajstić information content (AvgIpc) is 3.06. The topological polar surface area (TPSA) is 81.9 Å². The number of benzene rings is 2. The van der Waals surface area contributed by atoms with Crippen LogP contribution in [0.3, 0.4) is 0 Å². The molecule has 0 radical (unpaired) electrons. The zero-order valence-electron chi connectivity index (χ0n) is 15.8. The van der Waals surface area contributed by atoms with Gasteiger partial charge in [-0.3, -0.25) is 4.90 Å². The van der Waals surface area contributed by atoms with E-state index in [4.69, 9.17) is 13.3 Å². The maximum absolute atomic E-state index is 11.7. The lowest BCUT2D eigenvalue weighted by Gasteiger charge is -2.27. The van der Waals surface area contributed by atoms with Crippen molar-refractivity contribution in [3.8, 4) is 17.2 Å². The lowest BCUT2D eigenvalue weighted by molar-refractivity contribution is 0.0340. The van der Waals surface area contributed by atoms with Gasteiger partial charge in [0.25, 0.3) is 0 Å². The van der Waals surface area contributed by atoms with Crippen LogP contribution in [0.5, 0.6) is 5.75 Å². The summed E-state index contributed by atoms with van der Waals surface area (Å²) >= 11 is 0. The second kappa shape index (κ2) is 7.54. The minimum absolute atomic E-state index is 0.324. The smallest absolute Gasteiger partial charge is 0.306 e. The van der Waals surface area contributed by atoms with Crippen LogP contribution in [0.1, 0.15) is 11.1 Å². The quantitative estimate of drug-likeness (QED) is 0.607. The Morgan fingerprint density at radius 2 is 1.93 bits per heavy atom. The number of ether oxygens (including phenoxy) is 1. The van der Waals surface area contributed by atoms with E-state index in [9.17, 15) is 8.42 Å². The first kappa shape index (κ1) is 18.9. The summed E-state index contributed by atoms with van der Waals surface area (Å²) in [5.41, 5.74) is 4.16. The van der Waals surface area contributed by atoms with Gasteiger partial charge in [-0.05, 0) is 42.8 Å². The van der Waals surface area contributed by atoms with Crippen LogP contribution in [0.15, 0.2) is 40.8 Å². The fourth-order valence-corrected chi connectivity index (χ4v) is 3.73. The van der Waals surface area contributed by atoms with Crippen LogP contribution < -0.4 is 4.18 Å². The van der Waals surface area contributed by atoms with Crippen molar-refractivity contribution < 1.29 is 21.8 Å². The molecule has 28 heavy (non-hydrogen) atoms. The fourth-order valence-electron chi connectivity index (χ4n) is 3.24. The molecule has 0 aliphatic carbocycles. The minimum Gasteiger partial charge on any atom is -0.436 e. The van der Waals surface area contributed by atoms with Gasteiger partial charge in [0.1, 0.15) is 11.3 Å². The molecule has 1 aromatic heterocycles. The van der Waals surface area contributed by atoms with E-state index in [1.807, 2.05) is 31.2 Å². The zero-order chi connectivity index (χ0) is 19.7. The van der Waals surface area contributed by atoms with Gasteiger partial charge in [0.2, 0.25) is 5.89 Å². The van der Waals surface area contributed by atoms with E-state index in [1.54, 1.807) is 12.1 Å². The van der Waals surface area contributed by atoms with Crippen molar-refractivity contribution in [2.24, 2.45) is 0 Å². The van der Waals surface area contributed by atoms with Gasteiger partial charge in [0.15, 0.2) is 5.58 Å². The monoisotopic (exact) mass is 402 g/mol. The number of hydrogen-bond donors (Lipinski definition) is 0. The fraction of sp³-hybridized carbons (Fsp3) is 0.350. The van der Waals surface area contributed by atoms with Gasteiger partial charge < -0.3 is 13.3 Å². The Morgan fingerprint density at radius 1 is 1.14 bits per heavy atom. The predicted octanol–water partition coefficient (Wildman–Crippen LogP) is 2.97. The molecule has 148 valence electrons. The molecule has 0 atom stereocenters. The summed E-state index contributed by atoms with van der Waals surface area (Å²) < 4.78 is 39.8. The standard InChI is InChI=1S/C20H22N2O5S/c1-14-3-5-19-17(11-14)21-20(26-19)15-4-6-18(27-28(2,23)24)16(12-15)13-22-7-9-25-10-8-22/h3-6,11-12H,7-10,13H2,1-2H3. The number of nitrogens with zero attached hydrogens (tertiary/aromatic N) is 2. The molecule has 0 unspecified atom stereocenters. The summed E-state index contributed by atoms with van der Waals surface area (Å²) in [5.74, 6) is 0.819. The van der Waals surface area contributed by atoms with Gasteiger partial charge in [-0.1, -0.05) is 6.07 Å². The van der Waals surface area contributed by atoms with Gasteiger partial charge in [-0.25, -0.2) is 4.98 Å². The van der Waals surface area contributed by atoms with Crippen LogP contribution in [0.4, 0.5) is 0 Å². The summed E-state index contributed by atoms with van der Waals surface area (Å²) in [6.45, 7) is 5.45.